The van der Waals surface area contributed by atoms with E-state index < -0.39 is 281 Å². The van der Waals surface area contributed by atoms with Gasteiger partial charge in [-0.1, -0.05) is 87.1 Å². The lowest BCUT2D eigenvalue weighted by Crippen LogP contribution is -2.64. The van der Waals surface area contributed by atoms with Crippen LogP contribution in [0.5, 0.6) is 46.0 Å². The zero-order valence-corrected chi connectivity index (χ0v) is 71.9. The number of hydrogen-bond donors (Lipinski definition) is 21. The van der Waals surface area contributed by atoms with Gasteiger partial charge < -0.3 is 138 Å². The molecule has 6 aromatic carbocycles. The zero-order valence-electron chi connectivity index (χ0n) is 70.4. The Morgan fingerprint density at radius 2 is 1.41 bits per heavy atom. The zero-order chi connectivity index (χ0) is 93.2. The number of Topliss-reactive ketones (excluding diaryl/α,β-unsaturated/α-hetero) is 3. The van der Waals surface area contributed by atoms with E-state index in [1.807, 2.05) is 26.0 Å². The number of halogens is 2. The van der Waals surface area contributed by atoms with Gasteiger partial charge in [0.15, 0.2) is 28.8 Å². The Morgan fingerprint density at radius 1 is 0.750 bits per heavy atom. The highest BCUT2D eigenvalue weighted by Gasteiger charge is 2.52. The summed E-state index contributed by atoms with van der Waals surface area (Å²) in [6, 6.07) is 14.3. The molecule has 0 spiro atoms. The number of nitrogens with one attached hydrogen (secondary N) is 6. The van der Waals surface area contributed by atoms with E-state index in [0.717, 1.165) is 54.1 Å². The predicted molar refractivity (Wildman–Crippen MR) is 454 cm³/mol. The van der Waals surface area contributed by atoms with Crippen molar-refractivity contribution >= 4 is 76.6 Å². The molecular formula is C90H107Cl2N7O29. The molecule has 690 valence electrons. The lowest BCUT2D eigenvalue weighted by Gasteiger charge is -2.48. The standard InChI is InChI=1S/C90H107Cl2N7O29/c1-7-42-12-14-43(15-13-42)35-95-90(6)34-50(24-41(5)83(90)118)124-82-80(117)78(115)67(38-101)127-89(82)128-81-65-29-48-30-66(81)126-64-21-18-47(27-56(64)92)74(111)72-87(122)99-88(123-39-102)53-33-59(105)54(36-94-22-10-9-11-58(104)76(113)79(116)77(114)62(108)37-100)75(112)69(53)52-25-45(16-19-57(52)103)51(86(121)98-72)32-61(107)70(48)96-85(120)49(31-68(93)109)28-60(106)71(97-84(119)44(8-2)23-40(3)4)73(110)46-17-20-63(125-65)55(91)26-46/h1,12-21,25-27,29-30,33,39-41,44,49-51,62,67,70-74,76-80,82-83,88-89,94-95,100-101,103,105,108,110-118H,8-11,22-24,28,31-32,34-38H2,2-6H3,(H2,93,109)(H,96,120)(H,97,119)(H,98,121)(H,99,122)/t41-,44-,49+,50-,51-,62-,67-,70-,71+,72+,73-,74-,76+,77-,78?,79-,80?,82-,83-,88-,89+,90?/m1/s1. The number of ether oxygens (including phenoxy) is 6. The number of terminal acetylenes is 1. The summed E-state index contributed by atoms with van der Waals surface area (Å²) in [6.07, 6.45) is -22.8. The van der Waals surface area contributed by atoms with E-state index in [2.05, 4.69) is 37.8 Å². The van der Waals surface area contributed by atoms with Crippen LogP contribution in [0.3, 0.4) is 0 Å². The molecule has 6 heterocycles. The molecule has 36 nitrogen and oxygen atoms in total. The number of primary amides is 1. The van der Waals surface area contributed by atoms with Crippen molar-refractivity contribution in [1.82, 2.24) is 31.9 Å². The minimum Gasteiger partial charge on any atom is -0.507 e. The first kappa shape index (κ1) is 98.1. The van der Waals surface area contributed by atoms with Gasteiger partial charge in [-0.2, -0.15) is 0 Å². The molecule has 0 aromatic heterocycles. The second-order valence-electron chi connectivity index (χ2n) is 33.6. The number of carbonyl (C=O) groups is 9. The van der Waals surface area contributed by atoms with E-state index in [1.54, 1.807) is 32.9 Å². The first-order valence-electron chi connectivity index (χ1n) is 41.8. The highest BCUT2D eigenvalue weighted by atomic mass is 35.5. The van der Waals surface area contributed by atoms with Crippen LogP contribution >= 0.6 is 23.2 Å². The van der Waals surface area contributed by atoms with Crippen molar-refractivity contribution in [3.63, 3.8) is 0 Å². The molecule has 38 heteroatoms. The third kappa shape index (κ3) is 22.5. The van der Waals surface area contributed by atoms with E-state index in [4.69, 9.17) is 63.8 Å². The molecule has 3 unspecified atom stereocenters. The number of nitrogens with two attached hydrogens (primary N) is 1. The maximum Gasteiger partial charge on any atom is 0.295 e. The number of ketones is 3. The lowest BCUT2D eigenvalue weighted by atomic mass is 9.73. The fraction of sp³-hybridized carbons (Fsp3) is 0.478. The third-order valence-corrected chi connectivity index (χ3v) is 24.5. The number of fused-ring (bicyclic) bond motifs is 15. The van der Waals surface area contributed by atoms with E-state index in [-0.39, 0.29) is 103 Å². The topological polar surface area (TPSA) is 590 Å². The van der Waals surface area contributed by atoms with Gasteiger partial charge in [-0.15, -0.1) is 6.42 Å². The van der Waals surface area contributed by atoms with Crippen LogP contribution < -0.4 is 51.8 Å². The molecule has 1 saturated carbocycles. The average molecular weight is 1820 g/mol. The Morgan fingerprint density at radius 3 is 2.02 bits per heavy atom. The molecule has 22 atom stereocenters. The normalized spacial score (nSPS) is 26.8. The summed E-state index contributed by atoms with van der Waals surface area (Å²) in [5.74, 6) is -16.4. The van der Waals surface area contributed by atoms with Crippen LogP contribution in [0.15, 0.2) is 97.1 Å². The Kier molecular flexibility index (Phi) is 32.8. The number of aliphatic hydroxyl groups excluding tert-OH is 11. The first-order chi connectivity index (χ1) is 60.8. The van der Waals surface area contributed by atoms with E-state index in [0.29, 0.717) is 12.0 Å². The fourth-order valence-corrected chi connectivity index (χ4v) is 17.2. The summed E-state index contributed by atoms with van der Waals surface area (Å²) in [6.45, 7) is 6.72. The summed E-state index contributed by atoms with van der Waals surface area (Å²) in [5.41, 5.74) is 3.40. The number of aromatic hydroxyl groups is 3. The molecule has 2 fully saturated rings. The van der Waals surface area contributed by atoms with Crippen LogP contribution in [0.25, 0.3) is 11.1 Å². The minimum atomic E-state index is -2.27. The minimum absolute atomic E-state index is 0.00670. The van der Waals surface area contributed by atoms with Crippen LogP contribution in [0.2, 0.25) is 10.0 Å². The first-order valence-corrected chi connectivity index (χ1v) is 42.6. The molecular weight excluding hydrogens is 1710 g/mol. The van der Waals surface area contributed by atoms with Crippen molar-refractivity contribution in [1.29, 1.82) is 0 Å². The Labute approximate surface area is 745 Å². The van der Waals surface area contributed by atoms with Crippen LogP contribution in [-0.2, 0) is 70.5 Å². The molecule has 13 rings (SSSR count). The fourth-order valence-electron chi connectivity index (χ4n) is 16.8. The van der Waals surface area contributed by atoms with Crippen LogP contribution in [0, 0.1) is 36.0 Å². The van der Waals surface area contributed by atoms with Crippen molar-refractivity contribution in [2.45, 2.75) is 227 Å². The van der Waals surface area contributed by atoms with E-state index in [9.17, 15) is 90.7 Å². The maximum absolute atomic E-state index is 16.6. The lowest BCUT2D eigenvalue weighted by molar-refractivity contribution is -0.299. The number of rotatable bonds is 29. The monoisotopic (exact) mass is 1820 g/mol. The molecule has 7 aliphatic rings. The van der Waals surface area contributed by atoms with Gasteiger partial charge in [0.05, 0.1) is 52.9 Å². The molecule has 6 aliphatic heterocycles. The smallest absolute Gasteiger partial charge is 0.295 e. The molecule has 0 radical (unpaired) electrons. The summed E-state index contributed by atoms with van der Waals surface area (Å²) in [4.78, 5) is 132. The third-order valence-electron chi connectivity index (χ3n) is 24.0. The SMILES string of the molecule is C#Cc1ccc(CNC2(C)C[C@H](O[C@@H]3C(O)C(O)[C@@H](CO)O[C@H]3Oc3c4cc5cc3Oc3ccc(cc3Cl)[C@@H](O)[C@@H](NC(=O)[C@H](CC)CC(C)C)C(=O)C[C@@H](CC(N)=O)C(=O)N[C@H]5C(=O)C[C@H]3C(=O)N[C@H](C(=O)N[C@H](OC=O)c5cc(O)c(CNCCCCC(=O)[C@H](O)[C@@H](O)[C@H](O)[C@H](O)CO)c(O)c5-c5cc3ccc5O)[C@H](O)c3ccc(c(Cl)c3)O4)C[C@@H](C)[C@H]2O)cc1. The number of unbranched alkanes of at least 4 members (excludes halogenated alkanes) is 1. The van der Waals surface area contributed by atoms with Crippen molar-refractivity contribution in [3.05, 3.63) is 152 Å². The number of aliphatic hydroxyl groups is 11. The summed E-state index contributed by atoms with van der Waals surface area (Å²) in [7, 11) is 0. The van der Waals surface area contributed by atoms with Crippen molar-refractivity contribution in [2.75, 3.05) is 19.8 Å². The molecule has 128 heavy (non-hydrogen) atoms. The molecule has 11 bridgehead atoms. The Balaban J connectivity index is 1.09. The number of amides is 5. The van der Waals surface area contributed by atoms with Crippen molar-refractivity contribution in [2.24, 2.45) is 29.4 Å². The summed E-state index contributed by atoms with van der Waals surface area (Å²) in [5, 5.41) is 174. The van der Waals surface area contributed by atoms with Gasteiger partial charge in [0, 0.05) is 72.5 Å². The number of phenols is 3. The number of benzene rings is 6. The van der Waals surface area contributed by atoms with Gasteiger partial charge in [-0.05, 0) is 158 Å². The highest BCUT2D eigenvalue weighted by Crippen LogP contribution is 2.52. The van der Waals surface area contributed by atoms with Gasteiger partial charge in [0.1, 0.15) is 108 Å². The Bertz CT molecular complexity index is 5120. The second kappa shape index (κ2) is 42.8. The second-order valence-corrected chi connectivity index (χ2v) is 34.4. The largest absolute Gasteiger partial charge is 0.507 e. The van der Waals surface area contributed by atoms with E-state index >= 15 is 24.0 Å². The van der Waals surface area contributed by atoms with Gasteiger partial charge in [0.2, 0.25) is 47.8 Å². The van der Waals surface area contributed by atoms with Crippen molar-refractivity contribution < 1.29 is 143 Å². The molecule has 1 saturated heterocycles. The van der Waals surface area contributed by atoms with Crippen LogP contribution in [0.4, 0.5) is 0 Å². The maximum atomic E-state index is 16.6. The molecule has 22 N–H and O–H groups in total. The Hall–Kier alpha value is -10.5. The number of carbonyl (C=O) groups excluding carboxylic acids is 9. The van der Waals surface area contributed by atoms with Crippen molar-refractivity contribution in [3.8, 4) is 69.5 Å². The summed E-state index contributed by atoms with van der Waals surface area (Å²) < 4.78 is 39.2. The average Bonchev–Trinajstić information content (AvgIpc) is 0.754. The van der Waals surface area contributed by atoms with Gasteiger partial charge in [-0.25, -0.2) is 0 Å². The molecule has 5 amide bonds. The van der Waals surface area contributed by atoms with Gasteiger partial charge >= 0.3 is 0 Å². The van der Waals surface area contributed by atoms with Crippen LogP contribution in [-0.4, -0.2) is 230 Å². The molecule has 6 aromatic rings. The number of phenolic OH excluding ortho intramolecular Hbond substituents is 3. The predicted octanol–water partition coefficient (Wildman–Crippen LogP) is 3.31. The van der Waals surface area contributed by atoms with Gasteiger partial charge in [-0.3, -0.25) is 43.2 Å². The van der Waals surface area contributed by atoms with Crippen LogP contribution in [0.1, 0.15) is 174 Å². The highest BCUT2D eigenvalue weighted by molar-refractivity contribution is 6.32. The quantitative estimate of drug-likeness (QED) is 0.0182. The van der Waals surface area contributed by atoms with E-state index in [1.165, 1.54) is 24.3 Å². The summed E-state index contributed by atoms with van der Waals surface area (Å²) >= 11 is 14.5. The number of hydrogen-bond acceptors (Lipinski definition) is 31. The molecule has 1 aliphatic carbocycles. The van der Waals surface area contributed by atoms with Gasteiger partial charge in [0.25, 0.3) is 6.47 Å².